The molecule has 18 heavy (non-hydrogen) atoms. The van der Waals surface area contributed by atoms with Crippen molar-refractivity contribution in [2.75, 3.05) is 19.6 Å². The lowest BCUT2D eigenvalue weighted by atomic mass is 10.1. The van der Waals surface area contributed by atoms with Gasteiger partial charge in [0.25, 0.3) is 0 Å². The van der Waals surface area contributed by atoms with Crippen molar-refractivity contribution in [1.29, 1.82) is 0 Å². The van der Waals surface area contributed by atoms with E-state index in [2.05, 4.69) is 15.1 Å². The molecule has 96 valence electrons. The molecule has 1 unspecified atom stereocenters. The number of nitrogens with zero attached hydrogens (tertiary/aromatic N) is 5. The number of aromatic nitrogens is 4. The van der Waals surface area contributed by atoms with Crippen LogP contribution in [0.5, 0.6) is 0 Å². The van der Waals surface area contributed by atoms with Crippen LogP contribution in [0.4, 0.5) is 0 Å². The SMILES string of the molecule is OC(CN1CC(n2cccn2)C1)Cn1cccn1. The van der Waals surface area contributed by atoms with Crippen molar-refractivity contribution in [3.63, 3.8) is 0 Å². The minimum absolute atomic E-state index is 0.372. The molecule has 1 aliphatic rings. The van der Waals surface area contributed by atoms with Gasteiger partial charge in [0, 0.05) is 44.4 Å². The predicted octanol–water partition coefficient (Wildman–Crippen LogP) is -0.00260. The maximum Gasteiger partial charge on any atom is 0.0862 e. The van der Waals surface area contributed by atoms with Crippen molar-refractivity contribution in [3.8, 4) is 0 Å². The van der Waals surface area contributed by atoms with Crippen LogP contribution in [0, 0.1) is 0 Å². The van der Waals surface area contributed by atoms with Crippen LogP contribution in [0.25, 0.3) is 0 Å². The minimum Gasteiger partial charge on any atom is -0.390 e. The summed E-state index contributed by atoms with van der Waals surface area (Å²) in [6.07, 6.45) is 7.01. The fourth-order valence-electron chi connectivity index (χ4n) is 2.34. The van der Waals surface area contributed by atoms with Crippen LogP contribution < -0.4 is 0 Å². The highest BCUT2D eigenvalue weighted by atomic mass is 16.3. The van der Waals surface area contributed by atoms with Gasteiger partial charge >= 0.3 is 0 Å². The first-order valence-electron chi connectivity index (χ1n) is 6.18. The van der Waals surface area contributed by atoms with Gasteiger partial charge < -0.3 is 5.11 Å². The molecule has 0 aromatic carbocycles. The molecule has 0 spiro atoms. The van der Waals surface area contributed by atoms with Crippen molar-refractivity contribution in [1.82, 2.24) is 24.5 Å². The van der Waals surface area contributed by atoms with Crippen LogP contribution in [0.2, 0.25) is 0 Å². The van der Waals surface area contributed by atoms with E-state index in [9.17, 15) is 5.11 Å². The molecule has 1 aliphatic heterocycles. The highest BCUT2D eigenvalue weighted by molar-refractivity contribution is 4.90. The van der Waals surface area contributed by atoms with Gasteiger partial charge in [-0.25, -0.2) is 0 Å². The smallest absolute Gasteiger partial charge is 0.0862 e. The van der Waals surface area contributed by atoms with E-state index < -0.39 is 0 Å². The molecule has 1 saturated heterocycles. The summed E-state index contributed by atoms with van der Waals surface area (Å²) in [6, 6.07) is 4.26. The number of hydrogen-bond donors (Lipinski definition) is 1. The third-order valence-corrected chi connectivity index (χ3v) is 3.26. The molecule has 0 aliphatic carbocycles. The number of hydrogen-bond acceptors (Lipinski definition) is 4. The highest BCUT2D eigenvalue weighted by Gasteiger charge is 2.29. The lowest BCUT2D eigenvalue weighted by Gasteiger charge is -2.40. The van der Waals surface area contributed by atoms with Gasteiger partial charge in [-0.2, -0.15) is 10.2 Å². The van der Waals surface area contributed by atoms with E-state index in [-0.39, 0.29) is 6.10 Å². The van der Waals surface area contributed by atoms with Crippen LogP contribution in [0.1, 0.15) is 6.04 Å². The topological polar surface area (TPSA) is 59.1 Å². The third-order valence-electron chi connectivity index (χ3n) is 3.26. The van der Waals surface area contributed by atoms with E-state index in [0.717, 1.165) is 13.1 Å². The first kappa shape index (κ1) is 11.4. The van der Waals surface area contributed by atoms with Gasteiger partial charge in [0.15, 0.2) is 0 Å². The molecule has 0 radical (unpaired) electrons. The van der Waals surface area contributed by atoms with Crippen LogP contribution in [-0.2, 0) is 6.54 Å². The van der Waals surface area contributed by atoms with Crippen molar-refractivity contribution in [3.05, 3.63) is 36.9 Å². The second kappa shape index (κ2) is 4.91. The van der Waals surface area contributed by atoms with E-state index in [4.69, 9.17) is 0 Å². The molecule has 3 rings (SSSR count). The summed E-state index contributed by atoms with van der Waals surface area (Å²) in [5.74, 6) is 0. The summed E-state index contributed by atoms with van der Waals surface area (Å²) < 4.78 is 3.74. The highest BCUT2D eigenvalue weighted by Crippen LogP contribution is 2.20. The first-order valence-corrected chi connectivity index (χ1v) is 6.18. The van der Waals surface area contributed by atoms with Gasteiger partial charge in [0.2, 0.25) is 0 Å². The predicted molar refractivity (Wildman–Crippen MR) is 65.9 cm³/mol. The Balaban J connectivity index is 1.43. The summed E-state index contributed by atoms with van der Waals surface area (Å²) in [5, 5.41) is 18.3. The number of β-amino-alcohol motifs (C(OH)–C–C–N with tert-alkyl or cyclic N) is 1. The molecule has 1 atom stereocenters. The van der Waals surface area contributed by atoms with Gasteiger partial charge in [-0.05, 0) is 12.1 Å². The Morgan fingerprint density at radius 1 is 1.11 bits per heavy atom. The molecule has 0 saturated carbocycles. The minimum atomic E-state index is -0.372. The van der Waals surface area contributed by atoms with Gasteiger partial charge in [-0.1, -0.05) is 0 Å². The van der Waals surface area contributed by atoms with E-state index in [1.807, 2.05) is 29.2 Å². The van der Waals surface area contributed by atoms with Crippen molar-refractivity contribution >= 4 is 0 Å². The molecule has 0 bridgehead atoms. The van der Waals surface area contributed by atoms with Gasteiger partial charge in [-0.3, -0.25) is 14.3 Å². The maximum atomic E-state index is 9.95. The van der Waals surface area contributed by atoms with Crippen LogP contribution in [-0.4, -0.2) is 55.3 Å². The Morgan fingerprint density at radius 3 is 2.56 bits per heavy atom. The summed E-state index contributed by atoms with van der Waals surface area (Å²) in [5.41, 5.74) is 0. The third kappa shape index (κ3) is 2.44. The van der Waals surface area contributed by atoms with Crippen LogP contribution >= 0.6 is 0 Å². The molecular weight excluding hydrogens is 230 g/mol. The number of aliphatic hydroxyl groups excluding tert-OH is 1. The van der Waals surface area contributed by atoms with Crippen molar-refractivity contribution in [2.45, 2.75) is 18.7 Å². The average molecular weight is 247 g/mol. The molecule has 3 heterocycles. The molecule has 0 amide bonds. The Bertz CT molecular complexity index is 461. The number of rotatable bonds is 5. The summed E-state index contributed by atoms with van der Waals surface area (Å²) >= 11 is 0. The fraction of sp³-hybridized carbons (Fsp3) is 0.500. The average Bonchev–Trinajstić information content (AvgIpc) is 2.94. The van der Waals surface area contributed by atoms with Crippen molar-refractivity contribution < 1.29 is 5.11 Å². The Hall–Kier alpha value is -1.66. The summed E-state index contributed by atoms with van der Waals surface area (Å²) in [7, 11) is 0. The summed E-state index contributed by atoms with van der Waals surface area (Å²) in [6.45, 7) is 3.16. The largest absolute Gasteiger partial charge is 0.390 e. The van der Waals surface area contributed by atoms with E-state index in [1.54, 1.807) is 17.1 Å². The zero-order chi connectivity index (χ0) is 12.4. The Kier molecular flexibility index (Phi) is 3.12. The van der Waals surface area contributed by atoms with E-state index in [0.29, 0.717) is 19.1 Å². The second-order valence-corrected chi connectivity index (χ2v) is 4.74. The lowest BCUT2D eigenvalue weighted by Crippen LogP contribution is -2.51. The van der Waals surface area contributed by atoms with Gasteiger partial charge in [-0.15, -0.1) is 0 Å². The zero-order valence-electron chi connectivity index (χ0n) is 10.1. The zero-order valence-corrected chi connectivity index (χ0v) is 10.1. The van der Waals surface area contributed by atoms with Gasteiger partial charge in [0.05, 0.1) is 18.7 Å². The van der Waals surface area contributed by atoms with Crippen molar-refractivity contribution in [2.24, 2.45) is 0 Å². The quantitative estimate of drug-likeness (QED) is 0.808. The molecule has 2 aromatic heterocycles. The van der Waals surface area contributed by atoms with E-state index in [1.165, 1.54) is 0 Å². The monoisotopic (exact) mass is 247 g/mol. The van der Waals surface area contributed by atoms with Crippen LogP contribution in [0.3, 0.4) is 0 Å². The number of likely N-dealkylation sites (tertiary alicyclic amines) is 1. The summed E-state index contributed by atoms with van der Waals surface area (Å²) in [4.78, 5) is 2.24. The normalized spacial score (nSPS) is 18.7. The molecule has 1 N–H and O–H groups in total. The molecular formula is C12H17N5O. The molecule has 6 nitrogen and oxygen atoms in total. The second-order valence-electron chi connectivity index (χ2n) is 4.74. The van der Waals surface area contributed by atoms with Crippen LogP contribution in [0.15, 0.2) is 36.9 Å². The fourth-order valence-corrected chi connectivity index (χ4v) is 2.34. The first-order chi connectivity index (χ1) is 8.81. The Morgan fingerprint density at radius 2 is 1.89 bits per heavy atom. The van der Waals surface area contributed by atoms with Gasteiger partial charge in [0.1, 0.15) is 0 Å². The Labute approximate surface area is 105 Å². The molecule has 6 heteroatoms. The maximum absolute atomic E-state index is 9.95. The molecule has 1 fully saturated rings. The van der Waals surface area contributed by atoms with E-state index >= 15 is 0 Å². The lowest BCUT2D eigenvalue weighted by molar-refractivity contribution is 0.0326. The molecule has 2 aromatic rings. The standard InChI is InChI=1S/C12H17N5O/c18-12(10-16-5-1-3-13-16)9-15-7-11(8-15)17-6-2-4-14-17/h1-6,11-12,18H,7-10H2. The number of aliphatic hydroxyl groups is 1.